The molecule has 1 fully saturated rings. The number of hydrogen-bond acceptors (Lipinski definition) is 4. The van der Waals surface area contributed by atoms with Gasteiger partial charge in [-0.25, -0.2) is 4.79 Å². The fraction of sp³-hybridized carbons (Fsp3) is 0.529. The Morgan fingerprint density at radius 1 is 1.48 bits per heavy atom. The minimum atomic E-state index is -0.280. The summed E-state index contributed by atoms with van der Waals surface area (Å²) in [6.45, 7) is 4.00. The molecule has 0 bridgehead atoms. The molecule has 112 valence electrons. The summed E-state index contributed by atoms with van der Waals surface area (Å²) >= 11 is 0. The molecule has 1 aromatic rings. The summed E-state index contributed by atoms with van der Waals surface area (Å²) in [6, 6.07) is 6.80. The van der Waals surface area contributed by atoms with Gasteiger partial charge in [-0.1, -0.05) is 12.1 Å². The second-order valence-electron chi connectivity index (χ2n) is 5.96. The first-order chi connectivity index (χ1) is 10.3. The first-order valence-corrected chi connectivity index (χ1v) is 7.74. The quantitative estimate of drug-likeness (QED) is 0.811. The van der Waals surface area contributed by atoms with Crippen LogP contribution in [0.2, 0.25) is 0 Å². The van der Waals surface area contributed by atoms with Gasteiger partial charge in [-0.2, -0.15) is 0 Å². The zero-order valence-corrected chi connectivity index (χ0v) is 12.4. The molecule has 2 heterocycles. The Bertz CT molecular complexity index is 578. The smallest absolute Gasteiger partial charge is 0.146 e. The number of fused-ring (bicyclic) bond motifs is 1. The van der Waals surface area contributed by atoms with Gasteiger partial charge in [0.05, 0.1) is 12.5 Å². The highest BCUT2D eigenvalue weighted by atomic mass is 16.3. The number of aliphatic hydroxyl groups excluding tert-OH is 1. The summed E-state index contributed by atoms with van der Waals surface area (Å²) in [5, 5.41) is 12.8. The molecule has 3 rings (SSSR count). The molecule has 1 saturated heterocycles. The van der Waals surface area contributed by atoms with Crippen molar-refractivity contribution in [2.45, 2.75) is 38.1 Å². The third kappa shape index (κ3) is 2.45. The zero-order chi connectivity index (χ0) is 14.8. The van der Waals surface area contributed by atoms with E-state index in [1.165, 1.54) is 24.1 Å². The molecule has 2 aliphatic heterocycles. The number of hydrogen-bond donors (Lipinski definition) is 2. The van der Waals surface area contributed by atoms with Crippen molar-refractivity contribution in [3.8, 4) is 0 Å². The predicted molar refractivity (Wildman–Crippen MR) is 83.2 cm³/mol. The highest BCUT2D eigenvalue weighted by Gasteiger charge is 2.28. The second-order valence-corrected chi connectivity index (χ2v) is 5.96. The number of nitrogens with zero attached hydrogens (tertiary/aromatic N) is 1. The second kappa shape index (κ2) is 5.92. The number of nitrogens with one attached hydrogen (secondary N) is 1. The predicted octanol–water partition coefficient (Wildman–Crippen LogP) is 1.61. The number of aliphatic hydroxyl groups is 1. The molecular weight excluding hydrogens is 264 g/mol. The Kier molecular flexibility index (Phi) is 4.00. The van der Waals surface area contributed by atoms with Crippen LogP contribution in [0.5, 0.6) is 0 Å². The van der Waals surface area contributed by atoms with Gasteiger partial charge in [0.2, 0.25) is 0 Å². The first-order valence-electron chi connectivity index (χ1n) is 7.74. The van der Waals surface area contributed by atoms with Crippen LogP contribution in [0.1, 0.15) is 36.8 Å². The molecule has 0 radical (unpaired) electrons. The van der Waals surface area contributed by atoms with Gasteiger partial charge in [-0.3, -0.25) is 0 Å². The molecule has 0 aliphatic carbocycles. The average molecular weight is 286 g/mol. The van der Waals surface area contributed by atoms with Gasteiger partial charge in [0, 0.05) is 24.8 Å². The van der Waals surface area contributed by atoms with E-state index in [9.17, 15) is 9.90 Å². The average Bonchev–Trinajstić information content (AvgIpc) is 2.83. The van der Waals surface area contributed by atoms with E-state index in [4.69, 9.17) is 0 Å². The van der Waals surface area contributed by atoms with E-state index in [1.807, 2.05) is 18.1 Å². The minimum absolute atomic E-state index is 0.0659. The molecule has 21 heavy (non-hydrogen) atoms. The Morgan fingerprint density at radius 2 is 2.33 bits per heavy atom. The van der Waals surface area contributed by atoms with Crippen molar-refractivity contribution in [2.24, 2.45) is 0 Å². The summed E-state index contributed by atoms with van der Waals surface area (Å²) < 4.78 is 0. The summed E-state index contributed by atoms with van der Waals surface area (Å²) in [4.78, 5) is 13.6. The highest BCUT2D eigenvalue weighted by molar-refractivity contribution is 5.63. The van der Waals surface area contributed by atoms with E-state index in [-0.39, 0.29) is 12.5 Å². The van der Waals surface area contributed by atoms with E-state index in [1.54, 1.807) is 0 Å². The Balaban J connectivity index is 2.08. The lowest BCUT2D eigenvalue weighted by atomic mass is 9.91. The molecule has 0 aromatic heterocycles. The van der Waals surface area contributed by atoms with Crippen LogP contribution in [0.3, 0.4) is 0 Å². The number of rotatable bonds is 2. The number of benzene rings is 1. The minimum Gasteiger partial charge on any atom is -0.395 e. The maximum atomic E-state index is 11.1. The molecule has 1 aromatic carbocycles. The Hall–Kier alpha value is -1.77. The van der Waals surface area contributed by atoms with Gasteiger partial charge in [0.15, 0.2) is 0 Å². The van der Waals surface area contributed by atoms with Crippen LogP contribution in [0.4, 0.5) is 5.69 Å². The Morgan fingerprint density at radius 3 is 3.00 bits per heavy atom. The van der Waals surface area contributed by atoms with Crippen molar-refractivity contribution >= 4 is 11.6 Å². The molecule has 2 atom stereocenters. The summed E-state index contributed by atoms with van der Waals surface area (Å²) in [5.74, 6) is 1.69. The van der Waals surface area contributed by atoms with Gasteiger partial charge in [-0.15, -0.1) is 0 Å². The third-order valence-corrected chi connectivity index (χ3v) is 4.76. The molecular formula is C17H22N2O2. The van der Waals surface area contributed by atoms with Gasteiger partial charge < -0.3 is 15.3 Å². The molecule has 2 aliphatic rings. The van der Waals surface area contributed by atoms with Crippen LogP contribution >= 0.6 is 0 Å². The van der Waals surface area contributed by atoms with E-state index >= 15 is 0 Å². The van der Waals surface area contributed by atoms with E-state index in [0.29, 0.717) is 18.3 Å². The fourth-order valence-corrected chi connectivity index (χ4v) is 3.65. The maximum Gasteiger partial charge on any atom is 0.146 e. The zero-order valence-electron chi connectivity index (χ0n) is 12.4. The van der Waals surface area contributed by atoms with Gasteiger partial charge in [0.1, 0.15) is 11.6 Å². The van der Waals surface area contributed by atoms with Crippen LogP contribution in [-0.2, 0) is 11.2 Å². The van der Waals surface area contributed by atoms with Crippen LogP contribution in [0.15, 0.2) is 23.9 Å². The highest BCUT2D eigenvalue weighted by Crippen LogP contribution is 2.36. The van der Waals surface area contributed by atoms with Gasteiger partial charge >= 0.3 is 0 Å². The van der Waals surface area contributed by atoms with Crippen LogP contribution in [0, 0.1) is 0 Å². The molecule has 0 saturated carbocycles. The summed E-state index contributed by atoms with van der Waals surface area (Å²) in [7, 11) is 0. The molecule has 4 nitrogen and oxygen atoms in total. The van der Waals surface area contributed by atoms with Crippen molar-refractivity contribution in [1.82, 2.24) is 5.32 Å². The monoisotopic (exact) mass is 286 g/mol. The van der Waals surface area contributed by atoms with Gasteiger partial charge in [0.25, 0.3) is 0 Å². The van der Waals surface area contributed by atoms with Crippen molar-refractivity contribution in [3.63, 3.8) is 0 Å². The van der Waals surface area contributed by atoms with Gasteiger partial charge in [-0.05, 0) is 43.4 Å². The van der Waals surface area contributed by atoms with Crippen LogP contribution in [0.25, 0.3) is 0 Å². The molecule has 4 heteroatoms. The van der Waals surface area contributed by atoms with Crippen molar-refractivity contribution in [2.75, 3.05) is 24.6 Å². The van der Waals surface area contributed by atoms with Crippen LogP contribution in [-0.4, -0.2) is 36.8 Å². The first kappa shape index (κ1) is 14.2. The van der Waals surface area contributed by atoms with Crippen molar-refractivity contribution < 1.29 is 9.90 Å². The molecule has 2 N–H and O–H groups in total. The fourth-order valence-electron chi connectivity index (χ4n) is 3.65. The molecule has 0 spiro atoms. The maximum absolute atomic E-state index is 11.1. The molecule has 2 unspecified atom stereocenters. The lowest BCUT2D eigenvalue weighted by Crippen LogP contribution is -2.28. The SMILES string of the molecule is CC1CCCN1c1cccc2c1CCNC(=C=O)C2CO. The largest absolute Gasteiger partial charge is 0.395 e. The summed E-state index contributed by atoms with van der Waals surface area (Å²) in [6.07, 6.45) is 3.33. The van der Waals surface area contributed by atoms with E-state index in [2.05, 4.69) is 23.2 Å². The van der Waals surface area contributed by atoms with E-state index < -0.39 is 0 Å². The normalized spacial score (nSPS) is 25.0. The summed E-state index contributed by atoms with van der Waals surface area (Å²) in [5.41, 5.74) is 4.08. The van der Waals surface area contributed by atoms with Crippen molar-refractivity contribution in [3.05, 3.63) is 35.0 Å². The lowest BCUT2D eigenvalue weighted by Gasteiger charge is -2.28. The number of carbonyl (C=O) groups excluding carboxylic acids is 1. The third-order valence-electron chi connectivity index (χ3n) is 4.76. The number of anilines is 1. The Labute approximate surface area is 125 Å². The standard InChI is InChI=1S/C17H22N2O2/c1-12-4-3-9-19(12)17-6-2-5-13-14(17)7-8-18-16(11-21)15(13)10-20/h2,5-6,12,15,18,20H,3-4,7-10H2,1H3. The van der Waals surface area contributed by atoms with Crippen LogP contribution < -0.4 is 10.2 Å². The topological polar surface area (TPSA) is 52.6 Å². The van der Waals surface area contributed by atoms with E-state index in [0.717, 1.165) is 18.5 Å². The van der Waals surface area contributed by atoms with Crippen molar-refractivity contribution in [1.29, 1.82) is 0 Å². The lowest BCUT2D eigenvalue weighted by molar-refractivity contribution is 0.276. The molecule has 0 amide bonds.